The topological polar surface area (TPSA) is 91.2 Å². The Bertz CT molecular complexity index is 1270. The molecule has 0 radical (unpaired) electrons. The second kappa shape index (κ2) is 6.51. The fourth-order valence-electron chi connectivity index (χ4n) is 4.35. The van der Waals surface area contributed by atoms with Gasteiger partial charge in [-0.1, -0.05) is 6.92 Å². The van der Waals surface area contributed by atoms with Gasteiger partial charge in [-0.15, -0.1) is 0 Å². The SMILES string of the molecule is CN(C)C(=O)[C@]1(C)C[C@H](Nc2ncc3c(-c4ccc5ncc(F)n5c4)c[nH]c3n2)C1. The number of anilines is 1. The number of aromatic amines is 1. The lowest BCUT2D eigenvalue weighted by Gasteiger charge is -2.45. The minimum absolute atomic E-state index is 0.150. The summed E-state index contributed by atoms with van der Waals surface area (Å²) in [6, 6.07) is 3.84. The molecule has 9 heteroatoms. The Labute approximate surface area is 172 Å². The van der Waals surface area contributed by atoms with Gasteiger partial charge in [0.1, 0.15) is 11.3 Å². The first kappa shape index (κ1) is 18.5. The van der Waals surface area contributed by atoms with Crippen molar-refractivity contribution >= 4 is 28.5 Å². The molecule has 0 aliphatic heterocycles. The number of fused-ring (bicyclic) bond motifs is 2. The lowest BCUT2D eigenvalue weighted by atomic mass is 9.66. The maximum absolute atomic E-state index is 13.9. The van der Waals surface area contributed by atoms with Crippen molar-refractivity contribution in [2.45, 2.75) is 25.8 Å². The van der Waals surface area contributed by atoms with Crippen molar-refractivity contribution in [2.75, 3.05) is 19.4 Å². The summed E-state index contributed by atoms with van der Waals surface area (Å²) in [6.07, 6.45) is 8.01. The van der Waals surface area contributed by atoms with E-state index in [9.17, 15) is 9.18 Å². The minimum Gasteiger partial charge on any atom is -0.351 e. The van der Waals surface area contributed by atoms with Crippen LogP contribution in [0.3, 0.4) is 0 Å². The summed E-state index contributed by atoms with van der Waals surface area (Å²) in [7, 11) is 3.57. The van der Waals surface area contributed by atoms with E-state index in [1.807, 2.05) is 19.2 Å². The van der Waals surface area contributed by atoms with E-state index in [0.29, 0.717) is 17.2 Å². The van der Waals surface area contributed by atoms with E-state index in [-0.39, 0.29) is 17.4 Å². The quantitative estimate of drug-likeness (QED) is 0.543. The van der Waals surface area contributed by atoms with Crippen molar-refractivity contribution in [3.05, 3.63) is 42.9 Å². The van der Waals surface area contributed by atoms with Crippen LogP contribution in [0.5, 0.6) is 0 Å². The van der Waals surface area contributed by atoms with E-state index in [1.54, 1.807) is 37.5 Å². The van der Waals surface area contributed by atoms with E-state index in [4.69, 9.17) is 0 Å². The van der Waals surface area contributed by atoms with Crippen molar-refractivity contribution in [1.29, 1.82) is 0 Å². The van der Waals surface area contributed by atoms with Gasteiger partial charge in [0, 0.05) is 55.2 Å². The molecule has 4 aromatic heterocycles. The third-order valence-electron chi connectivity index (χ3n) is 5.85. The van der Waals surface area contributed by atoms with Crippen LogP contribution in [0.25, 0.3) is 27.8 Å². The van der Waals surface area contributed by atoms with Crippen molar-refractivity contribution < 1.29 is 9.18 Å². The Hall–Kier alpha value is -3.49. The number of rotatable bonds is 4. The van der Waals surface area contributed by atoms with Crippen LogP contribution >= 0.6 is 0 Å². The van der Waals surface area contributed by atoms with Crippen LogP contribution in [-0.4, -0.2) is 55.3 Å². The van der Waals surface area contributed by atoms with Gasteiger partial charge in [0.15, 0.2) is 0 Å². The van der Waals surface area contributed by atoms with Gasteiger partial charge >= 0.3 is 0 Å². The highest BCUT2D eigenvalue weighted by Crippen LogP contribution is 2.43. The van der Waals surface area contributed by atoms with Gasteiger partial charge in [0.2, 0.25) is 17.8 Å². The molecule has 0 atom stereocenters. The molecular formula is C21H22FN7O. The summed E-state index contributed by atoms with van der Waals surface area (Å²) in [5, 5.41) is 4.17. The molecule has 2 N–H and O–H groups in total. The summed E-state index contributed by atoms with van der Waals surface area (Å²) in [5.41, 5.74) is 2.65. The molecule has 0 bridgehead atoms. The summed E-state index contributed by atoms with van der Waals surface area (Å²) in [4.78, 5) is 30.1. The number of carbonyl (C=O) groups excluding carboxylic acids is 1. The predicted molar refractivity (Wildman–Crippen MR) is 111 cm³/mol. The molecule has 1 amide bonds. The van der Waals surface area contributed by atoms with E-state index >= 15 is 0 Å². The normalized spacial score (nSPS) is 21.0. The zero-order valence-electron chi connectivity index (χ0n) is 17.0. The number of nitrogens with one attached hydrogen (secondary N) is 2. The number of amides is 1. The molecule has 1 fully saturated rings. The molecule has 0 saturated heterocycles. The van der Waals surface area contributed by atoms with Gasteiger partial charge in [-0.05, 0) is 25.0 Å². The fourth-order valence-corrected chi connectivity index (χ4v) is 4.35. The third kappa shape index (κ3) is 2.89. The molecule has 4 aromatic rings. The first-order valence-electron chi connectivity index (χ1n) is 9.79. The molecule has 0 aromatic carbocycles. The van der Waals surface area contributed by atoms with Crippen LogP contribution in [0.4, 0.5) is 10.3 Å². The number of pyridine rings is 1. The maximum Gasteiger partial charge on any atom is 0.228 e. The van der Waals surface area contributed by atoms with E-state index in [0.717, 1.165) is 29.4 Å². The van der Waals surface area contributed by atoms with Gasteiger partial charge in [0.25, 0.3) is 0 Å². The number of hydrogen-bond acceptors (Lipinski definition) is 5. The Morgan fingerprint density at radius 3 is 2.87 bits per heavy atom. The second-order valence-corrected chi connectivity index (χ2v) is 8.39. The molecule has 154 valence electrons. The van der Waals surface area contributed by atoms with Crippen LogP contribution in [0, 0.1) is 11.4 Å². The molecule has 0 unspecified atom stereocenters. The van der Waals surface area contributed by atoms with Gasteiger partial charge in [-0.25, -0.2) is 9.97 Å². The molecule has 30 heavy (non-hydrogen) atoms. The van der Waals surface area contributed by atoms with Crippen molar-refractivity contribution in [3.8, 4) is 11.1 Å². The smallest absolute Gasteiger partial charge is 0.228 e. The molecule has 0 spiro atoms. The zero-order chi connectivity index (χ0) is 21.0. The number of halogens is 1. The second-order valence-electron chi connectivity index (χ2n) is 8.39. The number of carbonyl (C=O) groups is 1. The zero-order valence-corrected chi connectivity index (χ0v) is 17.0. The Morgan fingerprint density at radius 2 is 2.10 bits per heavy atom. The fraction of sp³-hybridized carbons (Fsp3) is 0.333. The highest BCUT2D eigenvalue weighted by molar-refractivity contribution is 5.93. The monoisotopic (exact) mass is 407 g/mol. The predicted octanol–water partition coefficient (Wildman–Crippen LogP) is 3.08. The van der Waals surface area contributed by atoms with Crippen molar-refractivity contribution in [2.24, 2.45) is 5.41 Å². The Morgan fingerprint density at radius 1 is 1.30 bits per heavy atom. The number of nitrogens with zero attached hydrogens (tertiary/aromatic N) is 5. The molecular weight excluding hydrogens is 385 g/mol. The Balaban J connectivity index is 1.37. The number of imidazole rings is 1. The molecule has 1 aliphatic rings. The molecule has 1 aliphatic carbocycles. The van der Waals surface area contributed by atoms with Gasteiger partial charge in [-0.2, -0.15) is 9.37 Å². The first-order chi connectivity index (χ1) is 14.3. The average molecular weight is 407 g/mol. The summed E-state index contributed by atoms with van der Waals surface area (Å²) < 4.78 is 15.3. The lowest BCUT2D eigenvalue weighted by molar-refractivity contribution is -0.143. The van der Waals surface area contributed by atoms with Crippen LogP contribution in [0.2, 0.25) is 0 Å². The largest absolute Gasteiger partial charge is 0.351 e. The van der Waals surface area contributed by atoms with Crippen molar-refractivity contribution in [3.63, 3.8) is 0 Å². The lowest BCUT2D eigenvalue weighted by Crippen LogP contribution is -2.52. The van der Waals surface area contributed by atoms with Gasteiger partial charge in [0.05, 0.1) is 11.6 Å². The van der Waals surface area contributed by atoms with Crippen molar-refractivity contribution in [1.82, 2.24) is 29.2 Å². The first-order valence-corrected chi connectivity index (χ1v) is 9.79. The Kier molecular flexibility index (Phi) is 4.02. The average Bonchev–Trinajstić information content (AvgIpc) is 3.29. The van der Waals surface area contributed by atoms with Crippen LogP contribution in [0.15, 0.2) is 36.9 Å². The van der Waals surface area contributed by atoms with Gasteiger partial charge < -0.3 is 15.2 Å². The third-order valence-corrected chi connectivity index (χ3v) is 5.85. The van der Waals surface area contributed by atoms with Crippen LogP contribution in [-0.2, 0) is 4.79 Å². The molecule has 5 rings (SSSR count). The number of H-pyrrole nitrogens is 1. The van der Waals surface area contributed by atoms with E-state index in [1.165, 1.54) is 10.6 Å². The summed E-state index contributed by atoms with van der Waals surface area (Å²) in [5.74, 6) is 0.267. The number of hydrogen-bond donors (Lipinski definition) is 2. The summed E-state index contributed by atoms with van der Waals surface area (Å²) >= 11 is 0. The highest BCUT2D eigenvalue weighted by atomic mass is 19.1. The van der Waals surface area contributed by atoms with E-state index in [2.05, 4.69) is 25.3 Å². The summed E-state index contributed by atoms with van der Waals surface area (Å²) in [6.45, 7) is 1.99. The van der Waals surface area contributed by atoms with Crippen LogP contribution < -0.4 is 5.32 Å². The highest BCUT2D eigenvalue weighted by Gasteiger charge is 2.47. The van der Waals surface area contributed by atoms with Gasteiger partial charge in [-0.3, -0.25) is 9.20 Å². The number of aromatic nitrogens is 5. The van der Waals surface area contributed by atoms with E-state index < -0.39 is 5.95 Å². The molecule has 4 heterocycles. The minimum atomic E-state index is -0.408. The van der Waals surface area contributed by atoms with Crippen LogP contribution in [0.1, 0.15) is 19.8 Å². The molecule has 8 nitrogen and oxygen atoms in total. The standard InChI is InChI=1S/C21H22FN7O/c1-21(19(30)28(2)3)6-13(7-21)26-20-25-9-15-14(8-24-18(15)27-20)12-4-5-17-23-10-16(22)29(17)11-12/h4-5,8-11,13H,6-7H2,1-3H3,(H2,24,25,26,27)/t13-,21+. The maximum atomic E-state index is 13.9. The molecule has 1 saturated carbocycles.